The number of carbonyl (C=O) groups excluding carboxylic acids is 1. The number of ether oxygens (including phenoxy) is 1. The molecule has 6 heteroatoms. The first kappa shape index (κ1) is 19.5. The molecule has 0 aliphatic carbocycles. The number of hydrogen-bond acceptors (Lipinski definition) is 4. The van der Waals surface area contributed by atoms with E-state index in [4.69, 9.17) is 16.3 Å². The average Bonchev–Trinajstić information content (AvgIpc) is 2.72. The number of rotatable bonds is 7. The monoisotopic (exact) mass is 387 g/mol. The van der Waals surface area contributed by atoms with Gasteiger partial charge in [-0.25, -0.2) is 0 Å². The third-order valence-corrected chi connectivity index (χ3v) is 5.10. The van der Waals surface area contributed by atoms with Crippen molar-refractivity contribution < 1.29 is 9.53 Å². The molecule has 0 aromatic heterocycles. The molecule has 0 saturated carbocycles. The molecule has 0 atom stereocenters. The highest BCUT2D eigenvalue weighted by atomic mass is 35.5. The smallest absolute Gasteiger partial charge is 0.236 e. The van der Waals surface area contributed by atoms with Crippen molar-refractivity contribution >= 4 is 23.2 Å². The molecule has 27 heavy (non-hydrogen) atoms. The second kappa shape index (κ2) is 9.62. The van der Waals surface area contributed by atoms with Gasteiger partial charge in [-0.2, -0.15) is 0 Å². The van der Waals surface area contributed by atoms with Gasteiger partial charge in [0.1, 0.15) is 5.75 Å². The summed E-state index contributed by atoms with van der Waals surface area (Å²) in [7, 11) is 1.67. The Hall–Kier alpha value is -2.24. The van der Waals surface area contributed by atoms with Gasteiger partial charge in [0.15, 0.2) is 0 Å². The molecular weight excluding hydrogens is 362 g/mol. The van der Waals surface area contributed by atoms with Crippen LogP contribution in [0.2, 0.25) is 5.02 Å². The van der Waals surface area contributed by atoms with Crippen LogP contribution >= 0.6 is 11.6 Å². The topological polar surface area (TPSA) is 44.8 Å². The summed E-state index contributed by atoms with van der Waals surface area (Å²) in [5.74, 6) is 1.03. The van der Waals surface area contributed by atoms with Crippen molar-refractivity contribution in [1.82, 2.24) is 10.2 Å². The summed E-state index contributed by atoms with van der Waals surface area (Å²) in [4.78, 5) is 16.6. The van der Waals surface area contributed by atoms with E-state index in [1.807, 2.05) is 41.3 Å². The van der Waals surface area contributed by atoms with E-state index >= 15 is 0 Å². The Morgan fingerprint density at radius 3 is 2.33 bits per heavy atom. The summed E-state index contributed by atoms with van der Waals surface area (Å²) in [6, 6.07) is 15.9. The van der Waals surface area contributed by atoms with Gasteiger partial charge in [0.05, 0.1) is 13.7 Å². The molecule has 5 nitrogen and oxygen atoms in total. The Labute approximate surface area is 165 Å². The van der Waals surface area contributed by atoms with Gasteiger partial charge in [-0.15, -0.1) is 0 Å². The van der Waals surface area contributed by atoms with E-state index in [0.29, 0.717) is 6.54 Å². The van der Waals surface area contributed by atoms with E-state index in [0.717, 1.165) is 49.9 Å². The van der Waals surface area contributed by atoms with Gasteiger partial charge < -0.3 is 19.9 Å². The minimum absolute atomic E-state index is 0.167. The Bertz CT molecular complexity index is 726. The Morgan fingerprint density at radius 1 is 1.04 bits per heavy atom. The van der Waals surface area contributed by atoms with Gasteiger partial charge >= 0.3 is 0 Å². The molecule has 1 aliphatic rings. The molecule has 1 heterocycles. The first-order valence-electron chi connectivity index (χ1n) is 9.27. The second-order valence-corrected chi connectivity index (χ2v) is 7.06. The van der Waals surface area contributed by atoms with Crippen LogP contribution in [0.15, 0.2) is 48.5 Å². The van der Waals surface area contributed by atoms with Crippen LogP contribution in [0.4, 0.5) is 5.69 Å². The van der Waals surface area contributed by atoms with E-state index in [1.165, 1.54) is 11.3 Å². The molecule has 0 unspecified atom stereocenters. The summed E-state index contributed by atoms with van der Waals surface area (Å²) in [5.41, 5.74) is 2.39. The zero-order chi connectivity index (χ0) is 19.1. The summed E-state index contributed by atoms with van der Waals surface area (Å²) in [6.45, 7) is 4.37. The van der Waals surface area contributed by atoms with Gasteiger partial charge in [-0.3, -0.25) is 4.79 Å². The number of piperazine rings is 1. The standard InChI is InChI=1S/C21H26ClN3O2/c1-27-20-8-6-19(7-9-20)24-12-14-25(15-13-24)21(26)16-23-11-10-17-2-4-18(22)5-3-17/h2-9,23H,10-16H2,1H3. The summed E-state index contributed by atoms with van der Waals surface area (Å²) in [5, 5.41) is 4.00. The van der Waals surface area contributed by atoms with Crippen molar-refractivity contribution in [3.63, 3.8) is 0 Å². The predicted octanol–water partition coefficient (Wildman–Crippen LogP) is 2.83. The highest BCUT2D eigenvalue weighted by Gasteiger charge is 2.20. The first-order valence-corrected chi connectivity index (χ1v) is 9.65. The molecule has 0 bridgehead atoms. The van der Waals surface area contributed by atoms with Gasteiger partial charge in [-0.05, 0) is 54.9 Å². The quantitative estimate of drug-likeness (QED) is 0.742. The van der Waals surface area contributed by atoms with Gasteiger partial charge in [0.25, 0.3) is 0 Å². The number of amides is 1. The lowest BCUT2D eigenvalue weighted by Crippen LogP contribution is -2.51. The van der Waals surface area contributed by atoms with Crippen LogP contribution in [0, 0.1) is 0 Å². The van der Waals surface area contributed by atoms with E-state index in [1.54, 1.807) is 7.11 Å². The number of carbonyl (C=O) groups is 1. The third-order valence-electron chi connectivity index (χ3n) is 4.85. The predicted molar refractivity (Wildman–Crippen MR) is 110 cm³/mol. The van der Waals surface area contributed by atoms with Gasteiger partial charge in [0.2, 0.25) is 5.91 Å². The molecule has 1 saturated heterocycles. The molecule has 2 aromatic carbocycles. The van der Waals surface area contributed by atoms with Crippen LogP contribution in [0.25, 0.3) is 0 Å². The summed E-state index contributed by atoms with van der Waals surface area (Å²) < 4.78 is 5.20. The summed E-state index contributed by atoms with van der Waals surface area (Å²) in [6.07, 6.45) is 0.885. The number of hydrogen-bond donors (Lipinski definition) is 1. The molecule has 1 N–H and O–H groups in total. The fourth-order valence-corrected chi connectivity index (χ4v) is 3.32. The Kier molecular flexibility index (Phi) is 6.96. The molecule has 0 radical (unpaired) electrons. The molecule has 3 rings (SSSR count). The Morgan fingerprint density at radius 2 is 1.70 bits per heavy atom. The maximum absolute atomic E-state index is 12.4. The molecule has 1 amide bonds. The van der Waals surface area contributed by atoms with E-state index in [9.17, 15) is 4.79 Å². The Balaban J connectivity index is 1.37. The first-order chi connectivity index (χ1) is 13.2. The molecule has 1 aliphatic heterocycles. The van der Waals surface area contributed by atoms with Crippen LogP contribution < -0.4 is 15.0 Å². The van der Waals surface area contributed by atoms with E-state index in [2.05, 4.69) is 22.3 Å². The minimum Gasteiger partial charge on any atom is -0.497 e. The van der Waals surface area contributed by atoms with E-state index in [-0.39, 0.29) is 5.91 Å². The number of benzene rings is 2. The highest BCUT2D eigenvalue weighted by Crippen LogP contribution is 2.20. The lowest BCUT2D eigenvalue weighted by molar-refractivity contribution is -0.130. The number of anilines is 1. The average molecular weight is 388 g/mol. The fourth-order valence-electron chi connectivity index (χ4n) is 3.20. The minimum atomic E-state index is 0.167. The lowest BCUT2D eigenvalue weighted by Gasteiger charge is -2.36. The van der Waals surface area contributed by atoms with Crippen molar-refractivity contribution in [3.8, 4) is 5.75 Å². The third kappa shape index (κ3) is 5.62. The number of halogens is 1. The van der Waals surface area contributed by atoms with Crippen LogP contribution in [-0.2, 0) is 11.2 Å². The number of nitrogens with one attached hydrogen (secondary N) is 1. The van der Waals surface area contributed by atoms with Crippen LogP contribution in [0.5, 0.6) is 5.75 Å². The van der Waals surface area contributed by atoms with Crippen molar-refractivity contribution in [1.29, 1.82) is 0 Å². The molecule has 144 valence electrons. The molecule has 1 fully saturated rings. The highest BCUT2D eigenvalue weighted by molar-refractivity contribution is 6.30. The largest absolute Gasteiger partial charge is 0.497 e. The zero-order valence-corrected chi connectivity index (χ0v) is 16.4. The van der Waals surface area contributed by atoms with Crippen molar-refractivity contribution in [2.75, 3.05) is 51.3 Å². The van der Waals surface area contributed by atoms with Crippen LogP contribution in [0.3, 0.4) is 0 Å². The maximum atomic E-state index is 12.4. The maximum Gasteiger partial charge on any atom is 0.236 e. The van der Waals surface area contributed by atoms with Crippen molar-refractivity contribution in [2.45, 2.75) is 6.42 Å². The number of nitrogens with zero attached hydrogens (tertiary/aromatic N) is 2. The molecule has 2 aromatic rings. The van der Waals surface area contributed by atoms with Gasteiger partial charge in [0, 0.05) is 36.9 Å². The van der Waals surface area contributed by atoms with Crippen molar-refractivity contribution in [2.24, 2.45) is 0 Å². The van der Waals surface area contributed by atoms with Gasteiger partial charge in [-0.1, -0.05) is 23.7 Å². The van der Waals surface area contributed by atoms with Crippen molar-refractivity contribution in [3.05, 3.63) is 59.1 Å². The van der Waals surface area contributed by atoms with E-state index < -0.39 is 0 Å². The van der Waals surface area contributed by atoms with Crippen LogP contribution in [0.1, 0.15) is 5.56 Å². The zero-order valence-electron chi connectivity index (χ0n) is 15.7. The normalized spacial score (nSPS) is 14.3. The molecular formula is C21H26ClN3O2. The molecule has 0 spiro atoms. The number of methoxy groups -OCH3 is 1. The fraction of sp³-hybridized carbons (Fsp3) is 0.381. The second-order valence-electron chi connectivity index (χ2n) is 6.62. The lowest BCUT2D eigenvalue weighted by atomic mass is 10.1. The SMILES string of the molecule is COc1ccc(N2CCN(C(=O)CNCCc3ccc(Cl)cc3)CC2)cc1. The van der Waals surface area contributed by atoms with Crippen LogP contribution in [-0.4, -0.2) is 57.2 Å². The summed E-state index contributed by atoms with van der Waals surface area (Å²) >= 11 is 5.89.